The number of methoxy groups -OCH3 is 1. The number of rotatable bonds is 8. The van der Waals surface area contributed by atoms with E-state index in [4.69, 9.17) is 9.84 Å². The van der Waals surface area contributed by atoms with Gasteiger partial charge in [0.05, 0.1) is 29.5 Å². The number of nitrogens with one attached hydrogen (secondary N) is 1. The van der Waals surface area contributed by atoms with Gasteiger partial charge < -0.3 is 10.1 Å². The summed E-state index contributed by atoms with van der Waals surface area (Å²) in [5, 5.41) is 7.93. The molecule has 4 aromatic rings. The molecule has 0 bridgehead atoms. The molecule has 0 unspecified atom stereocenters. The van der Waals surface area contributed by atoms with Crippen LogP contribution < -0.4 is 15.0 Å². The Morgan fingerprint density at radius 3 is 2.51 bits per heavy atom. The molecule has 5 rings (SSSR count). The van der Waals surface area contributed by atoms with Crippen molar-refractivity contribution in [2.24, 2.45) is 5.92 Å². The van der Waals surface area contributed by atoms with Crippen LogP contribution in [0, 0.1) is 19.8 Å². The number of nitrogens with zero attached hydrogens (tertiary/aromatic N) is 3. The van der Waals surface area contributed by atoms with Crippen molar-refractivity contribution in [1.82, 2.24) is 15.1 Å². The summed E-state index contributed by atoms with van der Waals surface area (Å²) in [5.41, 5.74) is 6.57. The third kappa shape index (κ3) is 5.88. The van der Waals surface area contributed by atoms with Crippen molar-refractivity contribution in [2.45, 2.75) is 32.9 Å². The van der Waals surface area contributed by atoms with Gasteiger partial charge in [0.25, 0.3) is 0 Å². The Morgan fingerprint density at radius 2 is 1.80 bits per heavy atom. The number of carbonyl (C=O) groups excluding carboxylic acids is 2. The van der Waals surface area contributed by atoms with Crippen molar-refractivity contribution in [1.29, 1.82) is 0 Å². The van der Waals surface area contributed by atoms with E-state index in [1.54, 1.807) is 12.0 Å². The van der Waals surface area contributed by atoms with Crippen LogP contribution in [-0.2, 0) is 9.59 Å². The Hall–Kier alpha value is -4.04. The number of hydrogen-bond donors (Lipinski definition) is 1. The van der Waals surface area contributed by atoms with Crippen molar-refractivity contribution in [3.63, 3.8) is 0 Å². The van der Waals surface area contributed by atoms with Crippen LogP contribution in [0.3, 0.4) is 0 Å². The van der Waals surface area contributed by atoms with Gasteiger partial charge in [-0.25, -0.2) is 4.68 Å². The summed E-state index contributed by atoms with van der Waals surface area (Å²) in [7, 11) is 1.66. The molecule has 0 saturated carbocycles. The Balaban J connectivity index is 1.81. The standard InChI is InChI=1S/C33H36N4O3S/c1-21(2)18-34-28(38)19-36-29(39)20-41-32(25-13-9-10-14-27(25)40-5)30-31(24-11-7-6-8-12-24)35-37(33(30)36)26-16-15-22(3)17-23(26)4/h6-17,21,32H,18-20H2,1-5H3,(H,34,38)/t32-/m0/s1. The summed E-state index contributed by atoms with van der Waals surface area (Å²) in [5.74, 6) is 1.51. The highest BCUT2D eigenvalue weighted by atomic mass is 32.2. The van der Waals surface area contributed by atoms with Gasteiger partial charge in [-0.15, -0.1) is 11.8 Å². The first-order valence-electron chi connectivity index (χ1n) is 13.9. The monoisotopic (exact) mass is 568 g/mol. The Labute approximate surface area is 245 Å². The van der Waals surface area contributed by atoms with Crippen LogP contribution in [0.25, 0.3) is 16.9 Å². The Morgan fingerprint density at radius 1 is 1.07 bits per heavy atom. The topological polar surface area (TPSA) is 76.5 Å². The van der Waals surface area contributed by atoms with Gasteiger partial charge >= 0.3 is 0 Å². The van der Waals surface area contributed by atoms with E-state index in [2.05, 4.69) is 18.3 Å². The molecule has 0 saturated heterocycles. The van der Waals surface area contributed by atoms with Gasteiger partial charge in [0.2, 0.25) is 11.8 Å². The van der Waals surface area contributed by atoms with Crippen LogP contribution >= 0.6 is 11.8 Å². The van der Waals surface area contributed by atoms with E-state index in [-0.39, 0.29) is 29.4 Å². The van der Waals surface area contributed by atoms with Gasteiger partial charge in [-0.05, 0) is 37.5 Å². The van der Waals surface area contributed by atoms with Gasteiger partial charge in [-0.3, -0.25) is 14.5 Å². The highest BCUT2D eigenvalue weighted by Crippen LogP contribution is 2.50. The number of carbonyl (C=O) groups is 2. The first-order valence-corrected chi connectivity index (χ1v) is 14.9. The summed E-state index contributed by atoms with van der Waals surface area (Å²) >= 11 is 1.53. The zero-order valence-corrected chi connectivity index (χ0v) is 25.0. The molecule has 1 N–H and O–H groups in total. The quantitative estimate of drug-likeness (QED) is 0.278. The van der Waals surface area contributed by atoms with Crippen LogP contribution in [0.4, 0.5) is 5.82 Å². The van der Waals surface area contributed by atoms with E-state index >= 15 is 0 Å². The average Bonchev–Trinajstić information content (AvgIpc) is 3.28. The maximum atomic E-state index is 13.9. The molecule has 0 aliphatic carbocycles. The molecule has 1 aromatic heterocycles. The van der Waals surface area contributed by atoms with E-state index in [1.165, 1.54) is 11.8 Å². The van der Waals surface area contributed by atoms with Crippen LogP contribution in [0.2, 0.25) is 0 Å². The van der Waals surface area contributed by atoms with Crippen LogP contribution in [0.15, 0.2) is 72.8 Å². The number of thioether (sulfide) groups is 1. The van der Waals surface area contributed by atoms with Crippen LogP contribution in [0.1, 0.15) is 41.4 Å². The summed E-state index contributed by atoms with van der Waals surface area (Å²) < 4.78 is 7.65. The normalized spacial score (nSPS) is 15.0. The number of para-hydroxylation sites is 1. The third-order valence-corrected chi connectivity index (χ3v) is 8.38. The molecule has 212 valence electrons. The fraction of sp³-hybridized carbons (Fsp3) is 0.303. The Kier molecular flexibility index (Phi) is 8.49. The lowest BCUT2D eigenvalue weighted by Gasteiger charge is -2.24. The molecular weight excluding hydrogens is 532 g/mol. The molecule has 0 spiro atoms. The fourth-order valence-corrected chi connectivity index (χ4v) is 6.41. The summed E-state index contributed by atoms with van der Waals surface area (Å²) in [4.78, 5) is 28.7. The lowest BCUT2D eigenvalue weighted by Crippen LogP contribution is -2.43. The average molecular weight is 569 g/mol. The molecule has 2 amide bonds. The zero-order chi connectivity index (χ0) is 29.1. The van der Waals surface area contributed by atoms with Gasteiger partial charge in [0, 0.05) is 23.2 Å². The molecule has 7 nitrogen and oxygen atoms in total. The minimum atomic E-state index is -0.261. The zero-order valence-electron chi connectivity index (χ0n) is 24.2. The molecule has 1 aliphatic rings. The number of ether oxygens (including phenoxy) is 1. The number of hydrogen-bond acceptors (Lipinski definition) is 5. The van der Waals surface area contributed by atoms with Gasteiger partial charge in [0.15, 0.2) is 0 Å². The van der Waals surface area contributed by atoms with Crippen LogP contribution in [-0.4, -0.2) is 47.5 Å². The van der Waals surface area contributed by atoms with E-state index in [0.29, 0.717) is 18.3 Å². The fourth-order valence-electron chi connectivity index (χ4n) is 5.19. The minimum Gasteiger partial charge on any atom is -0.496 e. The lowest BCUT2D eigenvalue weighted by molar-refractivity contribution is -0.123. The number of fused-ring (bicyclic) bond motifs is 1. The number of benzene rings is 3. The number of aryl methyl sites for hydroxylation is 2. The molecule has 0 fully saturated rings. The largest absolute Gasteiger partial charge is 0.496 e. The predicted octanol–water partition coefficient (Wildman–Crippen LogP) is 6.11. The van der Waals surface area contributed by atoms with Crippen molar-refractivity contribution in [3.05, 3.63) is 95.1 Å². The molecule has 41 heavy (non-hydrogen) atoms. The number of amides is 2. The van der Waals surface area contributed by atoms with Gasteiger partial charge in [-0.2, -0.15) is 5.10 Å². The van der Waals surface area contributed by atoms with E-state index in [0.717, 1.165) is 44.9 Å². The summed E-state index contributed by atoms with van der Waals surface area (Å²) in [6, 6.07) is 24.1. The summed E-state index contributed by atoms with van der Waals surface area (Å²) in [6.07, 6.45) is 0. The summed E-state index contributed by atoms with van der Waals surface area (Å²) in [6.45, 7) is 8.64. The maximum absolute atomic E-state index is 13.9. The second-order valence-corrected chi connectivity index (χ2v) is 11.9. The van der Waals surface area contributed by atoms with E-state index < -0.39 is 0 Å². The Bertz CT molecular complexity index is 1560. The van der Waals surface area contributed by atoms with E-state index in [9.17, 15) is 9.59 Å². The van der Waals surface area contributed by atoms with Gasteiger partial charge in [-0.1, -0.05) is 80.1 Å². The maximum Gasteiger partial charge on any atom is 0.240 e. The predicted molar refractivity (Wildman–Crippen MR) is 166 cm³/mol. The van der Waals surface area contributed by atoms with Gasteiger partial charge in [0.1, 0.15) is 18.1 Å². The molecular formula is C33H36N4O3S. The van der Waals surface area contributed by atoms with Crippen molar-refractivity contribution < 1.29 is 14.3 Å². The second kappa shape index (κ2) is 12.2. The van der Waals surface area contributed by atoms with Crippen molar-refractivity contribution in [2.75, 3.05) is 30.9 Å². The first-order chi connectivity index (χ1) is 19.8. The minimum absolute atomic E-state index is 0.0947. The smallest absolute Gasteiger partial charge is 0.240 e. The number of anilines is 1. The van der Waals surface area contributed by atoms with Crippen LogP contribution in [0.5, 0.6) is 5.75 Å². The molecule has 0 radical (unpaired) electrons. The molecule has 1 atom stereocenters. The SMILES string of the molecule is COc1ccccc1[C@@H]1SCC(=O)N(CC(=O)NCC(C)C)c2c1c(-c1ccccc1)nn2-c1ccc(C)cc1C. The highest BCUT2D eigenvalue weighted by Gasteiger charge is 2.38. The molecule has 1 aliphatic heterocycles. The molecule has 8 heteroatoms. The van der Waals surface area contributed by atoms with Crippen molar-refractivity contribution >= 4 is 29.4 Å². The van der Waals surface area contributed by atoms with Crippen molar-refractivity contribution in [3.8, 4) is 22.7 Å². The lowest BCUT2D eigenvalue weighted by atomic mass is 9.99. The number of aromatic nitrogens is 2. The highest BCUT2D eigenvalue weighted by molar-refractivity contribution is 8.00. The molecule has 2 heterocycles. The first kappa shape index (κ1) is 28.5. The second-order valence-electron chi connectivity index (χ2n) is 10.8. The van der Waals surface area contributed by atoms with E-state index in [1.807, 2.05) is 92.2 Å². The third-order valence-electron chi connectivity index (χ3n) is 7.15. The molecule has 3 aromatic carbocycles.